The second-order valence-corrected chi connectivity index (χ2v) is 10.1. The molecule has 5 rings (SSSR count). The van der Waals surface area contributed by atoms with Crippen LogP contribution < -0.4 is 0 Å². The minimum Gasteiger partial charge on any atom is -0.356 e. The number of thiophene rings is 1. The number of rotatable bonds is 6. The Morgan fingerprint density at radius 2 is 2.10 bits per heavy atom. The molecule has 0 bridgehead atoms. The summed E-state index contributed by atoms with van der Waals surface area (Å²) < 4.78 is 8.95. The maximum absolute atomic E-state index is 13.4. The summed E-state index contributed by atoms with van der Waals surface area (Å²) in [4.78, 5) is 15.7. The largest absolute Gasteiger partial charge is 0.356 e. The summed E-state index contributed by atoms with van der Waals surface area (Å²) >= 11 is 3.97. The molecule has 0 saturated carbocycles. The quantitative estimate of drug-likeness (QED) is 0.400. The van der Waals surface area contributed by atoms with Gasteiger partial charge in [0.2, 0.25) is 0 Å². The summed E-state index contributed by atoms with van der Waals surface area (Å²) in [6.07, 6.45) is 6.15. The van der Waals surface area contributed by atoms with Gasteiger partial charge in [0.15, 0.2) is 12.0 Å². The highest BCUT2D eigenvalue weighted by Gasteiger charge is 2.30. The van der Waals surface area contributed by atoms with Crippen molar-refractivity contribution in [1.82, 2.24) is 14.7 Å². The number of likely N-dealkylation sites (tertiary alicyclic amines) is 1. The summed E-state index contributed by atoms with van der Waals surface area (Å²) in [6, 6.07) is 8.33. The van der Waals surface area contributed by atoms with E-state index in [1.165, 1.54) is 19.3 Å². The molecule has 2 aliphatic rings. The number of hydrogen-bond donors (Lipinski definition) is 0. The minimum atomic E-state index is -0.119. The van der Waals surface area contributed by atoms with Crippen molar-refractivity contribution in [3.63, 3.8) is 0 Å². The lowest BCUT2D eigenvalue weighted by molar-refractivity contribution is -0.123. The molecular weight excluding hydrogens is 509 g/mol. The Hall–Kier alpha value is -1.29. The molecule has 2 unspecified atom stereocenters. The van der Waals surface area contributed by atoms with Gasteiger partial charge in [-0.2, -0.15) is 16.4 Å². The van der Waals surface area contributed by atoms with Crippen LogP contribution in [0.25, 0.3) is 10.9 Å². The van der Waals surface area contributed by atoms with Gasteiger partial charge in [-0.15, -0.1) is 0 Å². The SMILES string of the molecule is O=C(Cc1ccc2c(c1)c(I)nn2C1CCCCO1)C(c1ccsc1)N1CCCC1. The molecule has 2 atom stereocenters. The van der Waals surface area contributed by atoms with E-state index in [1.807, 2.05) is 4.68 Å². The van der Waals surface area contributed by atoms with Gasteiger partial charge in [0.25, 0.3) is 0 Å². The van der Waals surface area contributed by atoms with E-state index in [2.05, 4.69) is 62.5 Å². The smallest absolute Gasteiger partial charge is 0.158 e. The summed E-state index contributed by atoms with van der Waals surface area (Å²) in [5, 5.41) is 10.1. The molecule has 0 N–H and O–H groups in total. The first-order valence-corrected chi connectivity index (χ1v) is 12.8. The third kappa shape index (κ3) is 4.09. The van der Waals surface area contributed by atoms with Gasteiger partial charge in [-0.3, -0.25) is 9.69 Å². The van der Waals surface area contributed by atoms with Gasteiger partial charge in [-0.05, 0) is 108 Å². The van der Waals surface area contributed by atoms with E-state index < -0.39 is 0 Å². The van der Waals surface area contributed by atoms with Crippen molar-refractivity contribution in [2.75, 3.05) is 19.7 Å². The average Bonchev–Trinajstić information content (AvgIpc) is 3.52. The van der Waals surface area contributed by atoms with Gasteiger partial charge in [-0.1, -0.05) is 6.07 Å². The molecule has 2 saturated heterocycles. The van der Waals surface area contributed by atoms with E-state index in [4.69, 9.17) is 9.84 Å². The van der Waals surface area contributed by atoms with E-state index >= 15 is 0 Å². The first-order valence-electron chi connectivity index (χ1n) is 10.8. The van der Waals surface area contributed by atoms with Crippen molar-refractivity contribution in [3.05, 3.63) is 49.9 Å². The van der Waals surface area contributed by atoms with Crippen molar-refractivity contribution in [2.24, 2.45) is 0 Å². The van der Waals surface area contributed by atoms with Crippen LogP contribution in [0.3, 0.4) is 0 Å². The highest BCUT2D eigenvalue weighted by Crippen LogP contribution is 2.31. The molecule has 3 aromatic rings. The number of carbonyl (C=O) groups is 1. The molecule has 0 aliphatic carbocycles. The Labute approximate surface area is 194 Å². The Morgan fingerprint density at radius 1 is 1.23 bits per heavy atom. The summed E-state index contributed by atoms with van der Waals surface area (Å²) in [5.74, 6) is 0.285. The normalized spacial score (nSPS) is 21.3. The molecule has 30 heavy (non-hydrogen) atoms. The molecule has 2 fully saturated rings. The number of Topliss-reactive ketones (excluding diaryl/α,β-unsaturated/α-hetero) is 1. The number of halogens is 1. The number of ketones is 1. The number of fused-ring (bicyclic) bond motifs is 1. The predicted molar refractivity (Wildman–Crippen MR) is 128 cm³/mol. The number of carbonyl (C=O) groups excluding carboxylic acids is 1. The van der Waals surface area contributed by atoms with Crippen LogP contribution in [-0.4, -0.2) is 40.2 Å². The van der Waals surface area contributed by atoms with Crippen LogP contribution in [0.4, 0.5) is 0 Å². The zero-order chi connectivity index (χ0) is 20.5. The molecule has 2 aromatic heterocycles. The van der Waals surface area contributed by atoms with Crippen molar-refractivity contribution < 1.29 is 9.53 Å². The number of aromatic nitrogens is 2. The van der Waals surface area contributed by atoms with Crippen LogP contribution in [0.1, 0.15) is 55.5 Å². The van der Waals surface area contributed by atoms with Gasteiger partial charge in [-0.25, -0.2) is 4.68 Å². The Balaban J connectivity index is 1.40. The van der Waals surface area contributed by atoms with E-state index in [1.54, 1.807) is 11.3 Å². The lowest BCUT2D eigenvalue weighted by Gasteiger charge is -2.26. The number of nitrogens with zero attached hydrogens (tertiary/aromatic N) is 3. The summed E-state index contributed by atoms with van der Waals surface area (Å²) in [5.41, 5.74) is 3.30. The van der Waals surface area contributed by atoms with E-state index in [-0.39, 0.29) is 18.1 Å². The Morgan fingerprint density at radius 3 is 2.83 bits per heavy atom. The molecule has 1 aromatic carbocycles. The van der Waals surface area contributed by atoms with Crippen molar-refractivity contribution in [1.29, 1.82) is 0 Å². The fraction of sp³-hybridized carbons (Fsp3) is 0.478. The average molecular weight is 535 g/mol. The zero-order valence-corrected chi connectivity index (χ0v) is 19.9. The fourth-order valence-corrected chi connectivity index (χ4v) is 6.07. The van der Waals surface area contributed by atoms with Crippen LogP contribution in [0.2, 0.25) is 0 Å². The highest BCUT2D eigenvalue weighted by atomic mass is 127. The van der Waals surface area contributed by atoms with E-state index in [0.29, 0.717) is 6.42 Å². The van der Waals surface area contributed by atoms with Crippen molar-refractivity contribution in [3.8, 4) is 0 Å². The molecule has 0 amide bonds. The van der Waals surface area contributed by atoms with Gasteiger partial charge < -0.3 is 4.74 Å². The minimum absolute atomic E-state index is 0.0235. The summed E-state index contributed by atoms with van der Waals surface area (Å²) in [6.45, 7) is 2.82. The molecular formula is C23H26IN3O2S. The number of hydrogen-bond acceptors (Lipinski definition) is 5. The first kappa shape index (κ1) is 20.6. The standard InChI is InChI=1S/C23H26IN3O2S/c24-23-18-13-16(6-7-19(18)27(25-23)21-5-1-4-11-29-21)14-20(28)22(17-8-12-30-15-17)26-9-2-3-10-26/h6-8,12-13,15,21-22H,1-5,9-11,14H2. The molecule has 5 nitrogen and oxygen atoms in total. The third-order valence-electron chi connectivity index (χ3n) is 6.20. The van der Waals surface area contributed by atoms with Crippen molar-refractivity contribution >= 4 is 50.6 Å². The highest BCUT2D eigenvalue weighted by molar-refractivity contribution is 14.1. The number of benzene rings is 1. The Bertz CT molecular complexity index is 1020. The topological polar surface area (TPSA) is 47.4 Å². The van der Waals surface area contributed by atoms with Gasteiger partial charge in [0, 0.05) is 18.4 Å². The van der Waals surface area contributed by atoms with Gasteiger partial charge in [0.05, 0.1) is 11.6 Å². The van der Waals surface area contributed by atoms with Gasteiger partial charge >= 0.3 is 0 Å². The van der Waals surface area contributed by atoms with Crippen LogP contribution in [0.15, 0.2) is 35.0 Å². The molecule has 2 aliphatic heterocycles. The van der Waals surface area contributed by atoms with Crippen LogP contribution >= 0.6 is 33.9 Å². The molecule has 4 heterocycles. The predicted octanol–water partition coefficient (Wildman–Crippen LogP) is 5.35. The molecule has 0 radical (unpaired) electrons. The second-order valence-electron chi connectivity index (χ2n) is 8.25. The second kappa shape index (κ2) is 9.06. The lowest BCUT2D eigenvalue weighted by Crippen LogP contribution is -2.32. The van der Waals surface area contributed by atoms with E-state index in [9.17, 15) is 4.79 Å². The van der Waals surface area contributed by atoms with Crippen LogP contribution in [0, 0.1) is 3.70 Å². The van der Waals surface area contributed by atoms with Gasteiger partial charge in [0.1, 0.15) is 3.70 Å². The Kier molecular flexibility index (Phi) is 6.22. The third-order valence-corrected chi connectivity index (χ3v) is 7.70. The number of ether oxygens (including phenoxy) is 1. The zero-order valence-electron chi connectivity index (χ0n) is 16.9. The van der Waals surface area contributed by atoms with E-state index in [0.717, 1.165) is 58.3 Å². The maximum Gasteiger partial charge on any atom is 0.158 e. The molecule has 7 heteroatoms. The summed E-state index contributed by atoms with van der Waals surface area (Å²) in [7, 11) is 0. The monoisotopic (exact) mass is 535 g/mol. The lowest BCUT2D eigenvalue weighted by atomic mass is 9.98. The fourth-order valence-electron chi connectivity index (χ4n) is 4.73. The van der Waals surface area contributed by atoms with Crippen LogP contribution in [-0.2, 0) is 16.0 Å². The molecule has 158 valence electrons. The van der Waals surface area contributed by atoms with Crippen molar-refractivity contribution in [2.45, 2.75) is 50.8 Å². The van der Waals surface area contributed by atoms with Crippen LogP contribution in [0.5, 0.6) is 0 Å². The first-order chi connectivity index (χ1) is 14.7. The molecule has 0 spiro atoms. The maximum atomic E-state index is 13.4.